The van der Waals surface area contributed by atoms with Gasteiger partial charge in [-0.25, -0.2) is 8.78 Å². The van der Waals surface area contributed by atoms with Crippen LogP contribution in [-0.4, -0.2) is 24.4 Å². The second kappa shape index (κ2) is 10.5. The fourth-order valence-corrected chi connectivity index (χ4v) is 6.05. The van der Waals surface area contributed by atoms with Crippen LogP contribution in [0.5, 0.6) is 5.75 Å². The number of benzene rings is 2. The summed E-state index contributed by atoms with van der Waals surface area (Å²) in [6.07, 6.45) is 6.31. The highest BCUT2D eigenvalue weighted by Gasteiger charge is 2.30. The van der Waals surface area contributed by atoms with E-state index in [9.17, 15) is 18.3 Å². The van der Waals surface area contributed by atoms with Gasteiger partial charge in [0.2, 0.25) is 5.82 Å². The van der Waals surface area contributed by atoms with Crippen molar-refractivity contribution in [1.29, 1.82) is 0 Å². The first-order chi connectivity index (χ1) is 16.9. The van der Waals surface area contributed by atoms with Crippen molar-refractivity contribution in [2.75, 3.05) is 13.2 Å². The Morgan fingerprint density at radius 2 is 1.51 bits per heavy atom. The van der Waals surface area contributed by atoms with Crippen molar-refractivity contribution in [3.63, 3.8) is 0 Å². The van der Waals surface area contributed by atoms with E-state index in [1.165, 1.54) is 0 Å². The Hall–Kier alpha value is -2.05. The molecule has 0 bridgehead atoms. The summed E-state index contributed by atoms with van der Waals surface area (Å²) in [6.45, 7) is 2.80. The van der Waals surface area contributed by atoms with Gasteiger partial charge >= 0.3 is 0 Å². The monoisotopic (exact) mass is 488 g/mol. The molecule has 0 amide bonds. The first kappa shape index (κ1) is 24.6. The number of hydrogen-bond acceptors (Lipinski definition) is 3. The van der Waals surface area contributed by atoms with Crippen LogP contribution in [0.3, 0.4) is 0 Å². The van der Waals surface area contributed by atoms with Crippen molar-refractivity contribution in [3.8, 4) is 5.75 Å². The summed E-state index contributed by atoms with van der Waals surface area (Å²) in [6, 6.07) is 8.68. The predicted molar refractivity (Wildman–Crippen MR) is 128 cm³/mol. The molecule has 2 aliphatic carbocycles. The van der Waals surface area contributed by atoms with Crippen LogP contribution in [-0.2, 0) is 4.74 Å². The molecule has 0 radical (unpaired) electrons. The van der Waals surface area contributed by atoms with Crippen LogP contribution in [0.25, 0.3) is 0 Å². The lowest BCUT2D eigenvalue weighted by atomic mass is 9.77. The Morgan fingerprint density at radius 1 is 0.886 bits per heavy atom. The van der Waals surface area contributed by atoms with Crippen molar-refractivity contribution in [3.05, 3.63) is 64.5 Å². The van der Waals surface area contributed by atoms with E-state index in [-0.39, 0.29) is 47.4 Å². The molecule has 35 heavy (non-hydrogen) atoms. The average molecular weight is 489 g/mol. The maximum Gasteiger partial charge on any atom is 0.200 e. The molecule has 1 aliphatic heterocycles. The van der Waals surface area contributed by atoms with Crippen LogP contribution >= 0.6 is 0 Å². The van der Waals surface area contributed by atoms with Crippen LogP contribution in [0.15, 0.2) is 30.3 Å². The fraction of sp³-hybridized carbons (Fsp3) is 0.586. The maximum atomic E-state index is 14.9. The van der Waals surface area contributed by atoms with Gasteiger partial charge in [0.05, 0.1) is 19.3 Å². The molecule has 190 valence electrons. The van der Waals surface area contributed by atoms with Crippen LogP contribution in [0.1, 0.15) is 92.9 Å². The predicted octanol–water partition coefficient (Wildman–Crippen LogP) is 7.18. The number of rotatable bonds is 7. The molecule has 2 atom stereocenters. The second-order valence-electron chi connectivity index (χ2n) is 10.8. The Labute approximate surface area is 205 Å². The van der Waals surface area contributed by atoms with Gasteiger partial charge in [0.1, 0.15) is 11.9 Å². The Balaban J connectivity index is 1.13. The lowest BCUT2D eigenvalue weighted by Crippen LogP contribution is -2.23. The van der Waals surface area contributed by atoms with E-state index < -0.39 is 11.6 Å². The van der Waals surface area contributed by atoms with E-state index in [1.54, 1.807) is 25.1 Å². The van der Waals surface area contributed by atoms with Gasteiger partial charge in [-0.05, 0) is 111 Å². The Kier molecular flexibility index (Phi) is 7.40. The van der Waals surface area contributed by atoms with E-state index in [4.69, 9.17) is 9.47 Å². The number of aliphatic hydroxyl groups excluding tert-OH is 1. The zero-order valence-electron chi connectivity index (χ0n) is 20.3. The summed E-state index contributed by atoms with van der Waals surface area (Å²) in [5.41, 5.74) is 2.08. The highest BCUT2D eigenvalue weighted by Crippen LogP contribution is 2.41. The summed E-state index contributed by atoms with van der Waals surface area (Å²) in [7, 11) is 0. The number of epoxide rings is 1. The van der Waals surface area contributed by atoms with Crippen LogP contribution < -0.4 is 4.74 Å². The quantitative estimate of drug-likeness (QED) is 0.420. The molecule has 2 saturated carbocycles. The molecular weight excluding hydrogens is 453 g/mol. The smallest absolute Gasteiger partial charge is 0.200 e. The van der Waals surface area contributed by atoms with Crippen molar-refractivity contribution < 1.29 is 27.8 Å². The van der Waals surface area contributed by atoms with Crippen LogP contribution in [0.4, 0.5) is 13.2 Å². The van der Waals surface area contributed by atoms with Gasteiger partial charge in [0, 0.05) is 0 Å². The summed E-state index contributed by atoms with van der Waals surface area (Å²) in [5.74, 6) is -1.26. The lowest BCUT2D eigenvalue weighted by Gasteiger charge is -2.31. The highest BCUT2D eigenvalue weighted by atomic mass is 19.2. The summed E-state index contributed by atoms with van der Waals surface area (Å²) < 4.78 is 55.3. The molecule has 2 unspecified atom stereocenters. The lowest BCUT2D eigenvalue weighted by molar-refractivity contribution is 0.0963. The molecule has 1 heterocycles. The third-order valence-electron chi connectivity index (χ3n) is 8.46. The van der Waals surface area contributed by atoms with Crippen LogP contribution in [0, 0.1) is 29.3 Å². The van der Waals surface area contributed by atoms with Gasteiger partial charge in [-0.1, -0.05) is 18.2 Å². The topological polar surface area (TPSA) is 42.0 Å². The maximum absolute atomic E-state index is 14.9. The Morgan fingerprint density at radius 3 is 2.14 bits per heavy atom. The van der Waals surface area contributed by atoms with E-state index in [0.29, 0.717) is 18.8 Å². The van der Waals surface area contributed by atoms with Crippen molar-refractivity contribution in [2.45, 2.75) is 82.3 Å². The van der Waals surface area contributed by atoms with Crippen molar-refractivity contribution in [1.82, 2.24) is 0 Å². The molecule has 2 aromatic rings. The molecule has 1 N–H and O–H groups in total. The SMILES string of the molecule is CC(O)C1CCC(c2ccc(OCC3CCC(c4ccc(C5CO5)cc4F)CC3)c(F)c2F)CC1. The van der Waals surface area contributed by atoms with Crippen molar-refractivity contribution >= 4 is 0 Å². The number of aliphatic hydroxyl groups is 1. The summed E-state index contributed by atoms with van der Waals surface area (Å²) >= 11 is 0. The van der Waals surface area contributed by atoms with Gasteiger partial charge < -0.3 is 14.6 Å². The van der Waals surface area contributed by atoms with Gasteiger partial charge in [-0.2, -0.15) is 4.39 Å². The van der Waals surface area contributed by atoms with Gasteiger partial charge in [0.15, 0.2) is 11.6 Å². The van der Waals surface area contributed by atoms with Crippen LogP contribution in [0.2, 0.25) is 0 Å². The first-order valence-electron chi connectivity index (χ1n) is 13.1. The minimum Gasteiger partial charge on any atom is -0.490 e. The van der Waals surface area contributed by atoms with Crippen molar-refractivity contribution in [2.24, 2.45) is 11.8 Å². The largest absolute Gasteiger partial charge is 0.490 e. The minimum absolute atomic E-state index is 0.0184. The van der Waals surface area contributed by atoms with E-state index in [1.807, 2.05) is 12.1 Å². The zero-order chi connectivity index (χ0) is 24.5. The first-order valence-corrected chi connectivity index (χ1v) is 13.1. The normalized spacial score (nSPS) is 29.6. The second-order valence-corrected chi connectivity index (χ2v) is 10.8. The fourth-order valence-electron chi connectivity index (χ4n) is 6.05. The molecule has 0 spiro atoms. The van der Waals surface area contributed by atoms with E-state index >= 15 is 0 Å². The molecule has 0 aromatic heterocycles. The summed E-state index contributed by atoms with van der Waals surface area (Å²) in [4.78, 5) is 0. The number of ether oxygens (including phenoxy) is 2. The minimum atomic E-state index is -0.907. The Bertz CT molecular complexity index is 1020. The molecule has 2 aromatic carbocycles. The third kappa shape index (κ3) is 5.54. The standard InChI is InChI=1S/C29H35F3O3/c1-17(33)19-6-8-21(9-7-19)24-12-13-26(29(32)28(24)31)34-15-18-2-4-20(5-3-18)23-11-10-22(14-25(23)30)27-16-35-27/h10-14,17-21,27,33H,2-9,15-16H2,1H3. The molecule has 3 fully saturated rings. The molecule has 3 aliphatic rings. The van der Waals surface area contributed by atoms with E-state index in [2.05, 4.69) is 0 Å². The molecular formula is C29H35F3O3. The molecule has 5 rings (SSSR count). The molecule has 1 saturated heterocycles. The summed E-state index contributed by atoms with van der Waals surface area (Å²) in [5, 5.41) is 9.78. The number of hydrogen-bond donors (Lipinski definition) is 1. The zero-order valence-corrected chi connectivity index (χ0v) is 20.3. The van der Waals surface area contributed by atoms with Gasteiger partial charge in [0.25, 0.3) is 0 Å². The average Bonchev–Trinajstić information content (AvgIpc) is 3.71. The molecule has 3 nitrogen and oxygen atoms in total. The van der Waals surface area contributed by atoms with E-state index in [0.717, 1.165) is 62.5 Å². The van der Waals surface area contributed by atoms with Gasteiger partial charge in [-0.3, -0.25) is 0 Å². The number of halogens is 3. The third-order valence-corrected chi connectivity index (χ3v) is 8.46. The highest BCUT2D eigenvalue weighted by molar-refractivity contribution is 5.33. The van der Waals surface area contributed by atoms with Gasteiger partial charge in [-0.15, -0.1) is 0 Å². The molecule has 6 heteroatoms.